The number of nitrogens with one attached hydrogen (secondary N) is 1. The van der Waals surface area contributed by atoms with Gasteiger partial charge in [0.2, 0.25) is 5.89 Å². The molecule has 1 heterocycles. The zero-order valence-corrected chi connectivity index (χ0v) is 14.5. The van der Waals surface area contributed by atoms with E-state index in [0.717, 1.165) is 0 Å². The van der Waals surface area contributed by atoms with Gasteiger partial charge >= 0.3 is 0 Å². The molecule has 0 bridgehead atoms. The van der Waals surface area contributed by atoms with Crippen LogP contribution in [0.25, 0.3) is 22.6 Å². The van der Waals surface area contributed by atoms with E-state index in [4.69, 9.17) is 9.15 Å². The molecule has 1 amide bonds. The van der Waals surface area contributed by atoms with E-state index >= 15 is 0 Å². The second kappa shape index (κ2) is 6.84. The topological polar surface area (TPSA) is 84.6 Å². The predicted molar refractivity (Wildman–Crippen MR) is 102 cm³/mol. The number of methoxy groups -OCH3 is 1. The fourth-order valence-electron chi connectivity index (χ4n) is 2.74. The molecule has 0 radical (unpaired) electrons. The number of aromatic hydroxyl groups is 1. The lowest BCUT2D eigenvalue weighted by Crippen LogP contribution is -2.11. The van der Waals surface area contributed by atoms with E-state index in [9.17, 15) is 9.90 Å². The Bertz CT molecular complexity index is 1100. The third-order valence-electron chi connectivity index (χ3n) is 4.11. The lowest BCUT2D eigenvalue weighted by molar-refractivity contribution is 0.102. The number of rotatable bonds is 4. The van der Waals surface area contributed by atoms with Gasteiger partial charge in [-0.2, -0.15) is 0 Å². The molecule has 0 fully saturated rings. The van der Waals surface area contributed by atoms with E-state index in [1.54, 1.807) is 49.6 Å². The second-order valence-corrected chi connectivity index (χ2v) is 5.90. The molecule has 3 aromatic carbocycles. The van der Waals surface area contributed by atoms with Crippen LogP contribution in [-0.4, -0.2) is 23.1 Å². The summed E-state index contributed by atoms with van der Waals surface area (Å²) in [5.74, 6) is 0.607. The van der Waals surface area contributed by atoms with Crippen molar-refractivity contribution in [3.63, 3.8) is 0 Å². The van der Waals surface area contributed by atoms with Crippen molar-refractivity contribution < 1.29 is 19.1 Å². The zero-order valence-electron chi connectivity index (χ0n) is 14.5. The maximum absolute atomic E-state index is 12.5. The van der Waals surface area contributed by atoms with Crippen LogP contribution in [0.5, 0.6) is 11.5 Å². The van der Waals surface area contributed by atoms with Crippen LogP contribution in [0, 0.1) is 0 Å². The SMILES string of the molecule is COc1cccc(C(=O)Nc2ccc(O)c(-c3nc4ccccc4o3)c2)c1. The monoisotopic (exact) mass is 360 g/mol. The van der Waals surface area contributed by atoms with Gasteiger partial charge in [-0.05, 0) is 48.5 Å². The van der Waals surface area contributed by atoms with Crippen molar-refractivity contribution in [2.75, 3.05) is 12.4 Å². The minimum atomic E-state index is -0.289. The van der Waals surface area contributed by atoms with Crippen LogP contribution in [0.15, 0.2) is 71.1 Å². The molecule has 0 spiro atoms. The van der Waals surface area contributed by atoms with Crippen LogP contribution in [0.2, 0.25) is 0 Å². The number of amides is 1. The lowest BCUT2D eigenvalue weighted by Gasteiger charge is -2.08. The summed E-state index contributed by atoms with van der Waals surface area (Å²) < 4.78 is 10.9. The molecular weight excluding hydrogens is 344 g/mol. The Hall–Kier alpha value is -3.80. The maximum atomic E-state index is 12.5. The maximum Gasteiger partial charge on any atom is 0.255 e. The zero-order chi connectivity index (χ0) is 18.8. The second-order valence-electron chi connectivity index (χ2n) is 5.90. The van der Waals surface area contributed by atoms with Crippen LogP contribution in [0.1, 0.15) is 10.4 Å². The van der Waals surface area contributed by atoms with Gasteiger partial charge in [0.15, 0.2) is 5.58 Å². The van der Waals surface area contributed by atoms with Crippen LogP contribution in [0.3, 0.4) is 0 Å². The van der Waals surface area contributed by atoms with Gasteiger partial charge in [-0.3, -0.25) is 4.79 Å². The number of ether oxygens (including phenoxy) is 1. The third kappa shape index (κ3) is 3.32. The molecule has 0 aliphatic carbocycles. The van der Waals surface area contributed by atoms with Gasteiger partial charge in [-0.1, -0.05) is 18.2 Å². The van der Waals surface area contributed by atoms with Gasteiger partial charge in [0.25, 0.3) is 5.91 Å². The van der Waals surface area contributed by atoms with Gasteiger partial charge in [-0.15, -0.1) is 0 Å². The standard InChI is InChI=1S/C21H16N2O4/c1-26-15-6-4-5-13(11-15)20(25)22-14-9-10-18(24)16(12-14)21-23-17-7-2-3-8-19(17)27-21/h2-12,24H,1H3,(H,22,25). The number of hydrogen-bond acceptors (Lipinski definition) is 5. The van der Waals surface area contributed by atoms with E-state index < -0.39 is 0 Å². The number of phenols is 1. The number of carbonyl (C=O) groups is 1. The lowest BCUT2D eigenvalue weighted by atomic mass is 10.1. The molecule has 2 N–H and O–H groups in total. The Morgan fingerprint density at radius 2 is 1.93 bits per heavy atom. The van der Waals surface area contributed by atoms with Crippen LogP contribution in [0.4, 0.5) is 5.69 Å². The highest BCUT2D eigenvalue weighted by atomic mass is 16.5. The number of phenolic OH excluding ortho intramolecular Hbond substituents is 1. The van der Waals surface area contributed by atoms with Gasteiger partial charge in [0.05, 0.1) is 12.7 Å². The number of benzene rings is 3. The van der Waals surface area contributed by atoms with Crippen LogP contribution >= 0.6 is 0 Å². The fourth-order valence-corrected chi connectivity index (χ4v) is 2.74. The van der Waals surface area contributed by atoms with Gasteiger partial charge in [0, 0.05) is 11.3 Å². The van der Waals surface area contributed by atoms with Crippen LogP contribution < -0.4 is 10.1 Å². The van der Waals surface area contributed by atoms with Crippen molar-refractivity contribution >= 4 is 22.7 Å². The number of fused-ring (bicyclic) bond motifs is 1. The van der Waals surface area contributed by atoms with Crippen molar-refractivity contribution in [3.8, 4) is 23.0 Å². The van der Waals surface area contributed by atoms with Crippen molar-refractivity contribution in [2.45, 2.75) is 0 Å². The smallest absolute Gasteiger partial charge is 0.255 e. The molecule has 6 heteroatoms. The number of carbonyl (C=O) groups excluding carboxylic acids is 1. The Morgan fingerprint density at radius 1 is 1.07 bits per heavy atom. The minimum absolute atomic E-state index is 0.0148. The molecule has 27 heavy (non-hydrogen) atoms. The van der Waals surface area contributed by atoms with E-state index in [0.29, 0.717) is 33.7 Å². The average molecular weight is 360 g/mol. The average Bonchev–Trinajstić information content (AvgIpc) is 3.13. The molecule has 4 aromatic rings. The highest BCUT2D eigenvalue weighted by Crippen LogP contribution is 2.33. The summed E-state index contributed by atoms with van der Waals surface area (Å²) in [6, 6.07) is 18.9. The van der Waals surface area contributed by atoms with Crippen molar-refractivity contribution in [2.24, 2.45) is 0 Å². The first-order valence-corrected chi connectivity index (χ1v) is 8.28. The van der Waals surface area contributed by atoms with E-state index in [1.807, 2.05) is 18.2 Å². The first-order chi connectivity index (χ1) is 13.1. The quantitative estimate of drug-likeness (QED) is 0.525. The summed E-state index contributed by atoms with van der Waals surface area (Å²) >= 11 is 0. The predicted octanol–water partition coefficient (Wildman–Crippen LogP) is 4.46. The highest BCUT2D eigenvalue weighted by Gasteiger charge is 2.14. The van der Waals surface area contributed by atoms with Crippen molar-refractivity contribution in [1.82, 2.24) is 4.98 Å². The molecule has 0 atom stereocenters. The first kappa shape index (κ1) is 16.7. The molecule has 0 aliphatic heterocycles. The molecular formula is C21H16N2O4. The number of anilines is 1. The summed E-state index contributed by atoms with van der Waals surface area (Å²) in [7, 11) is 1.55. The Morgan fingerprint density at radius 3 is 2.74 bits per heavy atom. The molecule has 0 saturated carbocycles. The number of para-hydroxylation sites is 2. The number of aromatic nitrogens is 1. The fraction of sp³-hybridized carbons (Fsp3) is 0.0476. The van der Waals surface area contributed by atoms with Crippen molar-refractivity contribution in [1.29, 1.82) is 0 Å². The number of oxazole rings is 1. The van der Waals surface area contributed by atoms with E-state index in [-0.39, 0.29) is 17.5 Å². The van der Waals surface area contributed by atoms with E-state index in [2.05, 4.69) is 10.3 Å². The molecule has 134 valence electrons. The molecule has 0 saturated heterocycles. The Balaban J connectivity index is 1.64. The number of hydrogen-bond donors (Lipinski definition) is 2. The summed E-state index contributed by atoms with van der Waals surface area (Å²) in [6.07, 6.45) is 0. The van der Waals surface area contributed by atoms with Gasteiger partial charge in [-0.25, -0.2) is 4.98 Å². The summed E-state index contributed by atoms with van der Waals surface area (Å²) in [4.78, 5) is 16.9. The largest absolute Gasteiger partial charge is 0.507 e. The molecule has 0 aliphatic rings. The van der Waals surface area contributed by atoms with Gasteiger partial charge in [0.1, 0.15) is 17.0 Å². The summed E-state index contributed by atoms with van der Waals surface area (Å²) in [6.45, 7) is 0. The highest BCUT2D eigenvalue weighted by molar-refractivity contribution is 6.04. The molecule has 4 rings (SSSR count). The molecule has 6 nitrogen and oxygen atoms in total. The molecule has 1 aromatic heterocycles. The Labute approximate surface area is 155 Å². The van der Waals surface area contributed by atoms with Crippen molar-refractivity contribution in [3.05, 3.63) is 72.3 Å². The first-order valence-electron chi connectivity index (χ1n) is 8.28. The van der Waals surface area contributed by atoms with Gasteiger partial charge < -0.3 is 19.6 Å². The summed E-state index contributed by atoms with van der Waals surface area (Å²) in [5, 5.41) is 13.0. The summed E-state index contributed by atoms with van der Waals surface area (Å²) in [5.41, 5.74) is 2.69. The third-order valence-corrected chi connectivity index (χ3v) is 4.11. The number of nitrogens with zero attached hydrogens (tertiary/aromatic N) is 1. The van der Waals surface area contributed by atoms with E-state index in [1.165, 1.54) is 6.07 Å². The van der Waals surface area contributed by atoms with Crippen LogP contribution in [-0.2, 0) is 0 Å². The normalized spacial score (nSPS) is 10.7. The Kier molecular flexibility index (Phi) is 4.22. The minimum Gasteiger partial charge on any atom is -0.507 e. The molecule has 0 unspecified atom stereocenters.